The van der Waals surface area contributed by atoms with Gasteiger partial charge in [-0.1, -0.05) is 24.3 Å². The molecule has 3 unspecified atom stereocenters. The Balaban J connectivity index is 1.75. The highest BCUT2D eigenvalue weighted by molar-refractivity contribution is 7.15. The number of benzene rings is 2. The van der Waals surface area contributed by atoms with E-state index in [-0.39, 0.29) is 12.4 Å². The van der Waals surface area contributed by atoms with Gasteiger partial charge in [-0.2, -0.15) is 0 Å². The van der Waals surface area contributed by atoms with E-state index >= 15 is 0 Å². The lowest BCUT2D eigenvalue weighted by Gasteiger charge is -2.49. The third kappa shape index (κ3) is 6.87. The number of aliphatic hydroxyl groups is 1. The molecule has 3 aromatic rings. The highest BCUT2D eigenvalue weighted by Gasteiger charge is 2.60. The molecule has 0 radical (unpaired) electrons. The molecule has 42 heavy (non-hydrogen) atoms. The third-order valence-corrected chi connectivity index (χ3v) is 8.11. The average Bonchev–Trinajstić information content (AvgIpc) is 3.40. The van der Waals surface area contributed by atoms with E-state index in [2.05, 4.69) is 0 Å². The normalized spacial score (nSPS) is 23.7. The number of rotatable bonds is 9. The second-order valence-corrected chi connectivity index (χ2v) is 11.2. The quantitative estimate of drug-likeness (QED) is 0.281. The lowest BCUT2D eigenvalue weighted by Crippen LogP contribution is -2.66. The van der Waals surface area contributed by atoms with Crippen LogP contribution in [0.4, 0.5) is 4.39 Å². The summed E-state index contributed by atoms with van der Waals surface area (Å²) in [7, 11) is 1.34. The van der Waals surface area contributed by atoms with Gasteiger partial charge in [0.15, 0.2) is 12.2 Å². The molecule has 2 aromatic carbocycles. The van der Waals surface area contributed by atoms with Gasteiger partial charge in [-0.3, -0.25) is 14.4 Å². The molecular weight excluding hydrogens is 567 g/mol. The highest BCUT2D eigenvalue weighted by Crippen LogP contribution is 2.43. The van der Waals surface area contributed by atoms with E-state index in [0.717, 1.165) is 33.4 Å². The Morgan fingerprint density at radius 2 is 1.67 bits per heavy atom. The number of hydrogen-bond donors (Lipinski definition) is 1. The van der Waals surface area contributed by atoms with Gasteiger partial charge in [0.25, 0.3) is 0 Å². The SMILES string of the molecule is COC1(c2ccc(C)c(Cc3ccc(-c4ccc(F)cc4)s3)c2)OC(COC(C)=O)[C@@H](O)C(OC(C)=O)[C@H]1OC(C)=O. The molecule has 9 nitrogen and oxygen atoms in total. The van der Waals surface area contributed by atoms with Crippen molar-refractivity contribution < 1.29 is 47.6 Å². The van der Waals surface area contributed by atoms with E-state index in [0.29, 0.717) is 12.0 Å². The molecule has 0 amide bonds. The molecule has 1 N–H and O–H groups in total. The largest absolute Gasteiger partial charge is 0.463 e. The molecule has 0 aliphatic carbocycles. The monoisotopic (exact) mass is 600 g/mol. The maximum Gasteiger partial charge on any atom is 0.303 e. The number of esters is 3. The van der Waals surface area contributed by atoms with Crippen LogP contribution < -0.4 is 0 Å². The van der Waals surface area contributed by atoms with E-state index in [1.54, 1.807) is 29.5 Å². The molecule has 5 atom stereocenters. The summed E-state index contributed by atoms with van der Waals surface area (Å²) >= 11 is 1.57. The number of thiophene rings is 1. The number of aliphatic hydroxyl groups excluding tert-OH is 1. The van der Waals surface area contributed by atoms with E-state index in [1.165, 1.54) is 33.1 Å². The molecular formula is C31H33FO9S. The van der Waals surface area contributed by atoms with E-state index in [4.69, 9.17) is 23.7 Å². The Morgan fingerprint density at radius 3 is 2.29 bits per heavy atom. The summed E-state index contributed by atoms with van der Waals surface area (Å²) in [5.41, 5.74) is 3.22. The van der Waals surface area contributed by atoms with Gasteiger partial charge in [-0.25, -0.2) is 4.39 Å². The average molecular weight is 601 g/mol. The molecule has 1 aliphatic heterocycles. The van der Waals surface area contributed by atoms with Gasteiger partial charge < -0.3 is 28.8 Å². The summed E-state index contributed by atoms with van der Waals surface area (Å²) in [6.07, 6.45) is -4.97. The molecule has 1 fully saturated rings. The molecule has 0 spiro atoms. The first kappa shape index (κ1) is 31.3. The van der Waals surface area contributed by atoms with Gasteiger partial charge >= 0.3 is 17.9 Å². The van der Waals surface area contributed by atoms with E-state index in [9.17, 15) is 23.9 Å². The van der Waals surface area contributed by atoms with Crippen molar-refractivity contribution in [1.82, 2.24) is 0 Å². The minimum Gasteiger partial charge on any atom is -0.463 e. The summed E-state index contributed by atoms with van der Waals surface area (Å²) in [6.45, 7) is 5.13. The molecule has 224 valence electrons. The zero-order valence-corrected chi connectivity index (χ0v) is 24.7. The van der Waals surface area contributed by atoms with Crippen molar-refractivity contribution in [2.24, 2.45) is 0 Å². The summed E-state index contributed by atoms with van der Waals surface area (Å²) in [5, 5.41) is 11.1. The summed E-state index contributed by atoms with van der Waals surface area (Å²) in [6, 6.07) is 15.7. The molecule has 1 saturated heterocycles. The Bertz CT molecular complexity index is 1440. The van der Waals surface area contributed by atoms with Crippen LogP contribution in [0.25, 0.3) is 10.4 Å². The first-order valence-electron chi connectivity index (χ1n) is 13.3. The van der Waals surface area contributed by atoms with Crippen LogP contribution in [0.5, 0.6) is 0 Å². The Kier molecular flexibility index (Phi) is 9.78. The predicted octanol–water partition coefficient (Wildman–Crippen LogP) is 4.44. The van der Waals surface area contributed by atoms with Crippen molar-refractivity contribution in [1.29, 1.82) is 0 Å². The van der Waals surface area contributed by atoms with Crippen molar-refractivity contribution >= 4 is 29.2 Å². The van der Waals surface area contributed by atoms with Gasteiger partial charge in [-0.05, 0) is 53.9 Å². The Morgan fingerprint density at radius 1 is 0.976 bits per heavy atom. The molecule has 1 aromatic heterocycles. The smallest absolute Gasteiger partial charge is 0.303 e. The van der Waals surface area contributed by atoms with Gasteiger partial charge in [-0.15, -0.1) is 11.3 Å². The lowest BCUT2D eigenvalue weighted by atomic mass is 9.86. The van der Waals surface area contributed by atoms with Crippen LogP contribution >= 0.6 is 11.3 Å². The minimum atomic E-state index is -1.84. The van der Waals surface area contributed by atoms with Gasteiger partial charge in [0.05, 0.1) is 0 Å². The Hall–Kier alpha value is -3.64. The number of hydrogen-bond acceptors (Lipinski definition) is 10. The maximum absolute atomic E-state index is 13.4. The molecule has 0 bridgehead atoms. The third-order valence-electron chi connectivity index (χ3n) is 6.97. The van der Waals surface area contributed by atoms with Crippen LogP contribution in [0.15, 0.2) is 54.6 Å². The number of halogens is 1. The fraction of sp³-hybridized carbons (Fsp3) is 0.387. The summed E-state index contributed by atoms with van der Waals surface area (Å²) < 4.78 is 41.7. The van der Waals surface area contributed by atoms with Gasteiger partial charge in [0.2, 0.25) is 5.79 Å². The molecule has 0 saturated carbocycles. The van der Waals surface area contributed by atoms with Crippen molar-refractivity contribution in [3.63, 3.8) is 0 Å². The van der Waals surface area contributed by atoms with Crippen LogP contribution in [0, 0.1) is 12.7 Å². The van der Waals surface area contributed by atoms with Gasteiger partial charge in [0.1, 0.15) is 24.6 Å². The first-order chi connectivity index (χ1) is 19.9. The summed E-state index contributed by atoms with van der Waals surface area (Å²) in [4.78, 5) is 37.9. The summed E-state index contributed by atoms with van der Waals surface area (Å²) in [5.74, 6) is -4.19. The van der Waals surface area contributed by atoms with Crippen molar-refractivity contribution in [2.75, 3.05) is 13.7 Å². The number of carbonyl (C=O) groups excluding carboxylic acids is 3. The fourth-order valence-corrected chi connectivity index (χ4v) is 6.01. The van der Waals surface area contributed by atoms with Crippen LogP contribution in [0.3, 0.4) is 0 Å². The lowest BCUT2D eigenvalue weighted by molar-refractivity contribution is -0.367. The van der Waals surface area contributed by atoms with Gasteiger partial charge in [0, 0.05) is 49.6 Å². The van der Waals surface area contributed by atoms with E-state index in [1.807, 2.05) is 31.2 Å². The van der Waals surface area contributed by atoms with E-state index < -0.39 is 48.1 Å². The van der Waals surface area contributed by atoms with Crippen LogP contribution in [-0.4, -0.2) is 61.1 Å². The van der Waals surface area contributed by atoms with Crippen molar-refractivity contribution in [3.8, 4) is 10.4 Å². The second kappa shape index (κ2) is 13.1. The zero-order chi connectivity index (χ0) is 30.6. The minimum absolute atomic E-state index is 0.300. The number of methoxy groups -OCH3 is 1. The molecule has 11 heteroatoms. The van der Waals surface area contributed by atoms with Crippen molar-refractivity contribution in [2.45, 2.75) is 64.3 Å². The topological polar surface area (TPSA) is 118 Å². The van der Waals surface area contributed by atoms with Crippen LogP contribution in [-0.2, 0) is 50.3 Å². The molecule has 2 heterocycles. The fourth-order valence-electron chi connectivity index (χ4n) is 4.97. The first-order valence-corrected chi connectivity index (χ1v) is 14.1. The standard InChI is InChI=1S/C31H33FO9S/c1-17-6-9-23(14-22(17)15-25-12-13-27(42-25)21-7-10-24(32)11-8-21)31(37-5)30(40-20(4)35)29(39-19(3)34)28(36)26(41-31)16-38-18(2)33/h6-14,26,28-30,36H,15-16H2,1-5H3/t26?,28-,29?,30-,31?/m1/s1. The number of ether oxygens (including phenoxy) is 5. The van der Waals surface area contributed by atoms with Crippen LogP contribution in [0.2, 0.25) is 0 Å². The molecule has 1 aliphatic rings. The number of aryl methyl sites for hydroxylation is 1. The van der Waals surface area contributed by atoms with Crippen LogP contribution in [0.1, 0.15) is 42.3 Å². The van der Waals surface area contributed by atoms with Crippen molar-refractivity contribution in [3.05, 3.63) is 82.0 Å². The number of carbonyl (C=O) groups is 3. The highest BCUT2D eigenvalue weighted by atomic mass is 32.1. The predicted molar refractivity (Wildman–Crippen MR) is 151 cm³/mol. The second-order valence-electron chi connectivity index (χ2n) is 10.0. The molecule has 4 rings (SSSR count). The maximum atomic E-state index is 13.4. The zero-order valence-electron chi connectivity index (χ0n) is 23.9. The Labute approximate surface area is 247 Å².